The van der Waals surface area contributed by atoms with Crippen LogP contribution in [0.5, 0.6) is 5.75 Å². The van der Waals surface area contributed by atoms with E-state index in [0.29, 0.717) is 0 Å². The summed E-state index contributed by atoms with van der Waals surface area (Å²) in [4.78, 5) is 4.95. The number of anilines is 1. The number of rotatable bonds is 11. The smallest absolute Gasteiger partial charge is 0.119 e. The zero-order chi connectivity index (χ0) is 18.9. The van der Waals surface area contributed by atoms with Crippen molar-refractivity contribution in [2.75, 3.05) is 19.0 Å². The Kier molecular flexibility index (Phi) is 7.79. The van der Waals surface area contributed by atoms with Gasteiger partial charge in [-0.2, -0.15) is 0 Å². The molecule has 1 aliphatic rings. The molecule has 1 heterocycles. The molecule has 0 saturated carbocycles. The highest BCUT2D eigenvalue weighted by molar-refractivity contribution is 5.94. The summed E-state index contributed by atoms with van der Waals surface area (Å²) in [6, 6.07) is 6.27. The van der Waals surface area contributed by atoms with Crippen LogP contribution in [0.1, 0.15) is 82.4 Å². The van der Waals surface area contributed by atoms with Crippen LogP contribution >= 0.6 is 0 Å². The van der Waals surface area contributed by atoms with Crippen molar-refractivity contribution in [2.45, 2.75) is 84.0 Å². The third kappa shape index (κ3) is 5.37. The number of pyridine rings is 1. The average molecular weight is 369 g/mol. The minimum Gasteiger partial charge on any atom is -0.497 e. The molecule has 0 fully saturated rings. The number of aromatic nitrogens is 1. The molecule has 2 aromatic rings. The molecule has 1 aromatic heterocycles. The van der Waals surface area contributed by atoms with Gasteiger partial charge in [-0.3, -0.25) is 4.98 Å². The van der Waals surface area contributed by atoms with Crippen LogP contribution in [-0.2, 0) is 12.8 Å². The fourth-order valence-electron chi connectivity index (χ4n) is 4.20. The second-order valence-electron chi connectivity index (χ2n) is 7.90. The summed E-state index contributed by atoms with van der Waals surface area (Å²) in [6.07, 6.45) is 15.7. The predicted molar refractivity (Wildman–Crippen MR) is 116 cm³/mol. The van der Waals surface area contributed by atoms with Crippen molar-refractivity contribution >= 4 is 16.6 Å². The molecule has 0 atom stereocenters. The largest absolute Gasteiger partial charge is 0.497 e. The van der Waals surface area contributed by atoms with Crippen molar-refractivity contribution in [1.82, 2.24) is 4.98 Å². The van der Waals surface area contributed by atoms with Gasteiger partial charge in [0.25, 0.3) is 0 Å². The van der Waals surface area contributed by atoms with E-state index in [9.17, 15) is 0 Å². The zero-order valence-corrected chi connectivity index (χ0v) is 17.3. The molecule has 1 aromatic carbocycles. The first-order valence-electron chi connectivity index (χ1n) is 11.1. The SMILES string of the molecule is CCCCCCCCCCNc1c2c(nc3ccc(OC)cc13)CCCC2. The van der Waals surface area contributed by atoms with E-state index in [1.165, 1.54) is 86.5 Å². The predicted octanol–water partition coefficient (Wildman–Crippen LogP) is 6.67. The minimum atomic E-state index is 0.912. The van der Waals surface area contributed by atoms with Crippen molar-refractivity contribution < 1.29 is 4.74 Å². The minimum absolute atomic E-state index is 0.912. The maximum Gasteiger partial charge on any atom is 0.119 e. The molecule has 0 saturated heterocycles. The van der Waals surface area contributed by atoms with Gasteiger partial charge in [0.2, 0.25) is 0 Å². The van der Waals surface area contributed by atoms with Crippen LogP contribution in [-0.4, -0.2) is 18.6 Å². The van der Waals surface area contributed by atoms with Gasteiger partial charge in [0, 0.05) is 23.3 Å². The number of unbranched alkanes of at least 4 members (excludes halogenated alkanes) is 7. The topological polar surface area (TPSA) is 34.2 Å². The maximum absolute atomic E-state index is 5.46. The highest BCUT2D eigenvalue weighted by atomic mass is 16.5. The Labute approximate surface area is 164 Å². The van der Waals surface area contributed by atoms with Crippen molar-refractivity contribution in [3.05, 3.63) is 29.5 Å². The number of hydrogen-bond acceptors (Lipinski definition) is 3. The Bertz CT molecular complexity index is 726. The summed E-state index contributed by atoms with van der Waals surface area (Å²) in [5.41, 5.74) is 5.16. The van der Waals surface area contributed by atoms with Gasteiger partial charge in [0.15, 0.2) is 0 Å². The van der Waals surface area contributed by atoms with Crippen LogP contribution in [0.3, 0.4) is 0 Å². The number of nitrogens with one attached hydrogen (secondary N) is 1. The van der Waals surface area contributed by atoms with E-state index in [2.05, 4.69) is 24.4 Å². The van der Waals surface area contributed by atoms with Gasteiger partial charge in [0.05, 0.1) is 12.6 Å². The van der Waals surface area contributed by atoms with E-state index in [0.717, 1.165) is 30.7 Å². The first-order valence-corrected chi connectivity index (χ1v) is 11.1. The van der Waals surface area contributed by atoms with Crippen LogP contribution in [0, 0.1) is 0 Å². The summed E-state index contributed by atoms with van der Waals surface area (Å²) in [5, 5.41) is 5.00. The van der Waals surface area contributed by atoms with E-state index >= 15 is 0 Å². The molecule has 0 radical (unpaired) electrons. The Morgan fingerprint density at radius 3 is 2.48 bits per heavy atom. The number of aryl methyl sites for hydroxylation is 1. The van der Waals surface area contributed by atoms with Gasteiger partial charge in [-0.1, -0.05) is 51.9 Å². The molecule has 27 heavy (non-hydrogen) atoms. The quantitative estimate of drug-likeness (QED) is 0.449. The lowest BCUT2D eigenvalue weighted by molar-refractivity contribution is 0.415. The van der Waals surface area contributed by atoms with Crippen molar-refractivity contribution in [2.24, 2.45) is 0 Å². The lowest BCUT2D eigenvalue weighted by atomic mass is 9.92. The normalized spacial score (nSPS) is 13.6. The molecule has 1 aliphatic carbocycles. The number of hydrogen-bond donors (Lipinski definition) is 1. The Morgan fingerprint density at radius 1 is 0.963 bits per heavy atom. The molecule has 3 heteroatoms. The highest BCUT2D eigenvalue weighted by Gasteiger charge is 2.18. The lowest BCUT2D eigenvalue weighted by Crippen LogP contribution is -2.12. The molecule has 148 valence electrons. The van der Waals surface area contributed by atoms with Crippen molar-refractivity contribution in [3.63, 3.8) is 0 Å². The number of fused-ring (bicyclic) bond motifs is 2. The fourth-order valence-corrected chi connectivity index (χ4v) is 4.20. The van der Waals surface area contributed by atoms with E-state index in [1.54, 1.807) is 7.11 Å². The van der Waals surface area contributed by atoms with Gasteiger partial charge in [-0.15, -0.1) is 0 Å². The van der Waals surface area contributed by atoms with Gasteiger partial charge >= 0.3 is 0 Å². The first kappa shape index (κ1) is 20.0. The van der Waals surface area contributed by atoms with Gasteiger partial charge in [0.1, 0.15) is 5.75 Å². The number of ether oxygens (including phenoxy) is 1. The molecule has 1 N–H and O–H groups in total. The van der Waals surface area contributed by atoms with Crippen LogP contribution in [0.25, 0.3) is 10.9 Å². The Morgan fingerprint density at radius 2 is 1.70 bits per heavy atom. The molecule has 0 spiro atoms. The maximum atomic E-state index is 5.46. The van der Waals surface area contributed by atoms with E-state index in [1.807, 2.05) is 6.07 Å². The Balaban J connectivity index is 1.62. The second-order valence-corrected chi connectivity index (χ2v) is 7.90. The van der Waals surface area contributed by atoms with E-state index in [4.69, 9.17) is 9.72 Å². The van der Waals surface area contributed by atoms with Crippen molar-refractivity contribution in [1.29, 1.82) is 0 Å². The van der Waals surface area contributed by atoms with Crippen LogP contribution in [0.4, 0.5) is 5.69 Å². The van der Waals surface area contributed by atoms with E-state index in [-0.39, 0.29) is 0 Å². The van der Waals surface area contributed by atoms with Gasteiger partial charge in [-0.05, 0) is 55.9 Å². The first-order chi connectivity index (χ1) is 13.3. The van der Waals surface area contributed by atoms with Crippen LogP contribution in [0.15, 0.2) is 18.2 Å². The summed E-state index contributed by atoms with van der Waals surface area (Å²) in [7, 11) is 1.74. The molecule has 0 bridgehead atoms. The van der Waals surface area contributed by atoms with Crippen LogP contribution in [0.2, 0.25) is 0 Å². The third-order valence-corrected chi connectivity index (χ3v) is 5.80. The number of benzene rings is 1. The van der Waals surface area contributed by atoms with E-state index < -0.39 is 0 Å². The molecular formula is C24H36N2O. The lowest BCUT2D eigenvalue weighted by Gasteiger charge is -2.22. The molecule has 3 rings (SSSR count). The molecular weight excluding hydrogens is 332 g/mol. The molecule has 3 nitrogen and oxygen atoms in total. The fraction of sp³-hybridized carbons (Fsp3) is 0.625. The number of methoxy groups -OCH3 is 1. The van der Waals surface area contributed by atoms with Crippen LogP contribution < -0.4 is 10.1 Å². The van der Waals surface area contributed by atoms with Gasteiger partial charge < -0.3 is 10.1 Å². The molecule has 0 amide bonds. The zero-order valence-electron chi connectivity index (χ0n) is 17.3. The standard InChI is InChI=1S/C24H36N2O/c1-3-4-5-6-7-8-9-12-17-25-24-20-13-10-11-14-22(20)26-23-16-15-19(27-2)18-21(23)24/h15-16,18H,3-14,17H2,1-2H3,(H,25,26). The summed E-state index contributed by atoms with van der Waals surface area (Å²) in [6.45, 7) is 3.33. The monoisotopic (exact) mass is 368 g/mol. The molecule has 0 unspecified atom stereocenters. The summed E-state index contributed by atoms with van der Waals surface area (Å²) >= 11 is 0. The van der Waals surface area contributed by atoms with Crippen molar-refractivity contribution in [3.8, 4) is 5.75 Å². The highest BCUT2D eigenvalue weighted by Crippen LogP contribution is 2.35. The second kappa shape index (κ2) is 10.5. The summed E-state index contributed by atoms with van der Waals surface area (Å²) in [5.74, 6) is 0.912. The number of nitrogens with zero attached hydrogens (tertiary/aromatic N) is 1. The average Bonchev–Trinajstić information content (AvgIpc) is 2.71. The van der Waals surface area contributed by atoms with Gasteiger partial charge in [-0.25, -0.2) is 0 Å². The Hall–Kier alpha value is -1.77. The summed E-state index contributed by atoms with van der Waals surface area (Å²) < 4.78 is 5.46. The molecule has 0 aliphatic heterocycles. The third-order valence-electron chi connectivity index (χ3n) is 5.80.